The number of aryl methyl sites for hydroxylation is 1. The summed E-state index contributed by atoms with van der Waals surface area (Å²) in [5, 5.41) is 2.95. The quantitative estimate of drug-likeness (QED) is 0.838. The summed E-state index contributed by atoms with van der Waals surface area (Å²) in [5.74, 6) is 0.667. The topological polar surface area (TPSA) is 38.3 Å². The number of benzene rings is 1. The Labute approximate surface area is 109 Å². The lowest BCUT2D eigenvalue weighted by molar-refractivity contribution is 0.164. The van der Waals surface area contributed by atoms with Crippen molar-refractivity contribution in [3.05, 3.63) is 35.9 Å². The van der Waals surface area contributed by atoms with E-state index in [2.05, 4.69) is 34.3 Å². The van der Waals surface area contributed by atoms with Crippen LogP contribution in [0, 0.1) is 5.92 Å². The Morgan fingerprint density at radius 1 is 1.39 bits per heavy atom. The number of carbonyl (C=O) groups is 1. The van der Waals surface area contributed by atoms with Gasteiger partial charge in [0.2, 0.25) is 0 Å². The minimum absolute atomic E-state index is 0.293. The molecule has 0 saturated heterocycles. The first-order valence-corrected chi connectivity index (χ1v) is 6.68. The summed E-state index contributed by atoms with van der Waals surface area (Å²) in [6, 6.07) is 10.8. The molecule has 18 heavy (non-hydrogen) atoms. The van der Waals surface area contributed by atoms with Crippen molar-refractivity contribution in [1.29, 1.82) is 0 Å². The monoisotopic (exact) mass is 247 g/mol. The molecule has 0 radical (unpaired) electrons. The van der Waals surface area contributed by atoms with Crippen LogP contribution in [0.4, 0.5) is 4.79 Å². The second-order valence-electron chi connectivity index (χ2n) is 4.96. The molecule has 1 atom stereocenters. The van der Waals surface area contributed by atoms with Crippen LogP contribution in [0.25, 0.3) is 0 Å². The van der Waals surface area contributed by atoms with Crippen LogP contribution >= 0.6 is 0 Å². The zero-order chi connectivity index (χ0) is 12.8. The zero-order valence-corrected chi connectivity index (χ0v) is 10.9. The van der Waals surface area contributed by atoms with Crippen molar-refractivity contribution >= 4 is 6.09 Å². The third kappa shape index (κ3) is 4.06. The number of ether oxygens (including phenoxy) is 1. The van der Waals surface area contributed by atoms with Crippen molar-refractivity contribution in [2.75, 3.05) is 7.11 Å². The number of methoxy groups -OCH3 is 1. The fourth-order valence-corrected chi connectivity index (χ4v) is 2.31. The highest BCUT2D eigenvalue weighted by Crippen LogP contribution is 2.34. The molecule has 1 aliphatic rings. The molecule has 1 saturated carbocycles. The summed E-state index contributed by atoms with van der Waals surface area (Å²) < 4.78 is 4.67. The molecule has 1 amide bonds. The normalized spacial score (nSPS) is 16.1. The summed E-state index contributed by atoms with van der Waals surface area (Å²) in [6.07, 6.45) is 5.39. The van der Waals surface area contributed by atoms with Crippen LogP contribution in [0.5, 0.6) is 0 Å². The Bertz CT molecular complexity index is 373. The number of carbonyl (C=O) groups excluding carboxylic acids is 1. The molecule has 3 heteroatoms. The van der Waals surface area contributed by atoms with Crippen molar-refractivity contribution in [2.24, 2.45) is 5.92 Å². The average molecular weight is 247 g/mol. The van der Waals surface area contributed by atoms with Gasteiger partial charge in [0.15, 0.2) is 0 Å². The van der Waals surface area contributed by atoms with E-state index in [4.69, 9.17) is 0 Å². The van der Waals surface area contributed by atoms with E-state index in [0.717, 1.165) is 19.3 Å². The lowest BCUT2D eigenvalue weighted by Gasteiger charge is -2.17. The van der Waals surface area contributed by atoms with Gasteiger partial charge < -0.3 is 10.1 Å². The van der Waals surface area contributed by atoms with E-state index < -0.39 is 0 Å². The third-order valence-electron chi connectivity index (χ3n) is 3.50. The van der Waals surface area contributed by atoms with E-state index in [1.54, 1.807) is 0 Å². The van der Waals surface area contributed by atoms with E-state index in [-0.39, 0.29) is 6.09 Å². The molecule has 1 fully saturated rings. The van der Waals surface area contributed by atoms with Gasteiger partial charge >= 0.3 is 6.09 Å². The van der Waals surface area contributed by atoms with Crippen LogP contribution in [0.15, 0.2) is 30.3 Å². The first-order valence-electron chi connectivity index (χ1n) is 6.68. The van der Waals surface area contributed by atoms with E-state index in [1.165, 1.54) is 25.5 Å². The van der Waals surface area contributed by atoms with E-state index in [0.29, 0.717) is 12.0 Å². The lowest BCUT2D eigenvalue weighted by atomic mass is 10.0. The summed E-state index contributed by atoms with van der Waals surface area (Å²) in [4.78, 5) is 11.3. The van der Waals surface area contributed by atoms with Gasteiger partial charge in [-0.1, -0.05) is 30.3 Å². The van der Waals surface area contributed by atoms with Gasteiger partial charge in [0.1, 0.15) is 0 Å². The number of amides is 1. The van der Waals surface area contributed by atoms with Crippen LogP contribution in [0.1, 0.15) is 31.2 Å². The van der Waals surface area contributed by atoms with Gasteiger partial charge in [0.25, 0.3) is 0 Å². The summed E-state index contributed by atoms with van der Waals surface area (Å²) >= 11 is 0. The Kier molecular flexibility index (Phi) is 4.62. The molecular weight excluding hydrogens is 226 g/mol. The molecule has 0 spiro atoms. The van der Waals surface area contributed by atoms with Gasteiger partial charge in [-0.25, -0.2) is 4.79 Å². The van der Waals surface area contributed by atoms with Crippen molar-refractivity contribution < 1.29 is 9.53 Å². The van der Waals surface area contributed by atoms with Crippen LogP contribution in [-0.4, -0.2) is 19.2 Å². The van der Waals surface area contributed by atoms with Crippen LogP contribution in [0.3, 0.4) is 0 Å². The van der Waals surface area contributed by atoms with Crippen LogP contribution in [-0.2, 0) is 11.2 Å². The first kappa shape index (κ1) is 12.9. The minimum atomic E-state index is -0.299. The molecular formula is C15H21NO2. The highest BCUT2D eigenvalue weighted by Gasteiger charge is 2.31. The third-order valence-corrected chi connectivity index (χ3v) is 3.50. The second-order valence-corrected chi connectivity index (χ2v) is 4.96. The molecule has 0 heterocycles. The van der Waals surface area contributed by atoms with Gasteiger partial charge in [0.05, 0.1) is 7.11 Å². The predicted molar refractivity (Wildman–Crippen MR) is 71.4 cm³/mol. The van der Waals surface area contributed by atoms with Gasteiger partial charge in [-0.05, 0) is 43.6 Å². The van der Waals surface area contributed by atoms with Crippen molar-refractivity contribution in [3.8, 4) is 0 Å². The Morgan fingerprint density at radius 2 is 2.11 bits per heavy atom. The number of hydrogen-bond donors (Lipinski definition) is 1. The highest BCUT2D eigenvalue weighted by atomic mass is 16.5. The molecule has 98 valence electrons. The highest BCUT2D eigenvalue weighted by molar-refractivity contribution is 5.67. The predicted octanol–water partition coefficient (Wildman–Crippen LogP) is 3.14. The maximum atomic E-state index is 11.3. The van der Waals surface area contributed by atoms with Gasteiger partial charge in [0, 0.05) is 6.04 Å². The molecule has 0 bridgehead atoms. The van der Waals surface area contributed by atoms with Crippen LogP contribution < -0.4 is 5.32 Å². The smallest absolute Gasteiger partial charge is 0.407 e. The fraction of sp³-hybridized carbons (Fsp3) is 0.533. The van der Waals surface area contributed by atoms with Gasteiger partial charge in [-0.3, -0.25) is 0 Å². The molecule has 3 nitrogen and oxygen atoms in total. The molecule has 1 aromatic carbocycles. The zero-order valence-electron chi connectivity index (χ0n) is 10.9. The number of alkyl carbamates (subject to hydrolysis) is 1. The minimum Gasteiger partial charge on any atom is -0.453 e. The lowest BCUT2D eigenvalue weighted by Crippen LogP contribution is -2.36. The van der Waals surface area contributed by atoms with Crippen molar-refractivity contribution in [3.63, 3.8) is 0 Å². The number of rotatable bonds is 6. The molecule has 0 aromatic heterocycles. The second kappa shape index (κ2) is 6.43. The maximum absolute atomic E-state index is 11.3. The number of hydrogen-bond acceptors (Lipinski definition) is 2. The molecule has 1 N–H and O–H groups in total. The first-order chi connectivity index (χ1) is 8.79. The SMILES string of the molecule is COC(=O)N[C@@H](CCCc1ccccc1)C1CC1. The fourth-order valence-electron chi connectivity index (χ4n) is 2.31. The van der Waals surface area contributed by atoms with Gasteiger partial charge in [-0.15, -0.1) is 0 Å². The van der Waals surface area contributed by atoms with Gasteiger partial charge in [-0.2, -0.15) is 0 Å². The Morgan fingerprint density at radius 3 is 2.72 bits per heavy atom. The number of nitrogens with one attached hydrogen (secondary N) is 1. The van der Waals surface area contributed by atoms with E-state index >= 15 is 0 Å². The summed E-state index contributed by atoms with van der Waals surface area (Å²) in [6.45, 7) is 0. The molecule has 1 aromatic rings. The van der Waals surface area contributed by atoms with Crippen LogP contribution in [0.2, 0.25) is 0 Å². The summed E-state index contributed by atoms with van der Waals surface area (Å²) in [7, 11) is 1.42. The molecule has 0 aliphatic heterocycles. The van der Waals surface area contributed by atoms with E-state index in [1.807, 2.05) is 6.07 Å². The Hall–Kier alpha value is -1.51. The molecule has 0 unspecified atom stereocenters. The van der Waals surface area contributed by atoms with E-state index in [9.17, 15) is 4.79 Å². The Balaban J connectivity index is 1.74. The molecule has 1 aliphatic carbocycles. The summed E-state index contributed by atoms with van der Waals surface area (Å²) in [5.41, 5.74) is 1.37. The maximum Gasteiger partial charge on any atom is 0.407 e. The van der Waals surface area contributed by atoms with Crippen molar-refractivity contribution in [1.82, 2.24) is 5.32 Å². The van der Waals surface area contributed by atoms with Crippen molar-refractivity contribution in [2.45, 2.75) is 38.1 Å². The average Bonchev–Trinajstić information content (AvgIpc) is 3.23. The largest absolute Gasteiger partial charge is 0.453 e. The standard InChI is InChI=1S/C15H21NO2/c1-18-15(17)16-14(13-10-11-13)9-5-8-12-6-3-2-4-7-12/h2-4,6-7,13-14H,5,8-11H2,1H3,(H,16,17)/t14-/m0/s1. The molecule has 2 rings (SSSR count).